The highest BCUT2D eigenvalue weighted by Gasteiger charge is 2.06. The van der Waals surface area contributed by atoms with Gasteiger partial charge in [-0.15, -0.1) is 10.2 Å². The molecule has 1 N–H and O–H groups in total. The Bertz CT molecular complexity index is 470. The van der Waals surface area contributed by atoms with Gasteiger partial charge in [-0.25, -0.2) is 0 Å². The van der Waals surface area contributed by atoms with Crippen molar-refractivity contribution in [3.05, 3.63) is 33.7 Å². The van der Waals surface area contributed by atoms with E-state index in [9.17, 15) is 0 Å². The molecule has 0 aliphatic rings. The lowest BCUT2D eigenvalue weighted by Crippen LogP contribution is -2.11. The minimum atomic E-state index is 0.794. The van der Waals surface area contributed by atoms with Gasteiger partial charge in [0, 0.05) is 16.6 Å². The molecule has 84 valence electrons. The third-order valence-electron chi connectivity index (χ3n) is 2.06. The molecular weight excluding hydrogens is 286 g/mol. The molecule has 0 radical (unpaired) electrons. The molecule has 0 bridgehead atoms. The Hall–Kier alpha value is -0.780. The molecule has 0 fully saturated rings. The summed E-state index contributed by atoms with van der Waals surface area (Å²) in [7, 11) is 0. The highest BCUT2D eigenvalue weighted by molar-refractivity contribution is 9.10. The molecule has 0 aliphatic carbocycles. The second kappa shape index (κ2) is 5.52. The molecule has 0 aliphatic heterocycles. The second-order valence-electron chi connectivity index (χ2n) is 3.29. The van der Waals surface area contributed by atoms with E-state index < -0.39 is 0 Å². The maximum absolute atomic E-state index is 4.19. The van der Waals surface area contributed by atoms with E-state index in [0.717, 1.165) is 33.1 Å². The van der Waals surface area contributed by atoms with Crippen molar-refractivity contribution < 1.29 is 0 Å². The summed E-state index contributed by atoms with van der Waals surface area (Å²) in [4.78, 5) is 0. The zero-order valence-corrected chi connectivity index (χ0v) is 11.3. The number of rotatable bonds is 4. The topological polar surface area (TPSA) is 37.8 Å². The Kier molecular flexibility index (Phi) is 4.04. The molecule has 5 heteroatoms. The fourth-order valence-corrected chi connectivity index (χ4v) is 2.50. The van der Waals surface area contributed by atoms with Gasteiger partial charge < -0.3 is 5.32 Å². The van der Waals surface area contributed by atoms with Crippen molar-refractivity contribution >= 4 is 27.3 Å². The first-order chi connectivity index (χ1) is 7.79. The molecule has 0 spiro atoms. The minimum Gasteiger partial charge on any atom is -0.311 e. The third-order valence-corrected chi connectivity index (χ3v) is 3.53. The summed E-state index contributed by atoms with van der Waals surface area (Å²) >= 11 is 5.08. The number of halogens is 1. The number of aromatic nitrogens is 2. The molecule has 1 aromatic heterocycles. The Labute approximate surface area is 107 Å². The maximum Gasteiger partial charge on any atom is 0.147 e. The van der Waals surface area contributed by atoms with Crippen molar-refractivity contribution in [2.24, 2.45) is 0 Å². The molecule has 0 amide bonds. The molecule has 3 nitrogen and oxygen atoms in total. The van der Waals surface area contributed by atoms with Gasteiger partial charge in [-0.3, -0.25) is 0 Å². The van der Waals surface area contributed by atoms with Crippen molar-refractivity contribution in [1.29, 1.82) is 0 Å². The van der Waals surface area contributed by atoms with Crippen LogP contribution in [0.15, 0.2) is 28.7 Å². The molecule has 0 saturated heterocycles. The fourth-order valence-electron chi connectivity index (χ4n) is 1.30. The first kappa shape index (κ1) is 11.7. The fraction of sp³-hybridized carbons (Fsp3) is 0.273. The molecule has 0 saturated carbocycles. The summed E-state index contributed by atoms with van der Waals surface area (Å²) in [5.41, 5.74) is 1.11. The van der Waals surface area contributed by atoms with Crippen molar-refractivity contribution in [2.45, 2.75) is 13.5 Å². The van der Waals surface area contributed by atoms with Crippen LogP contribution in [0, 0.1) is 0 Å². The van der Waals surface area contributed by atoms with Crippen LogP contribution in [0.3, 0.4) is 0 Å². The lowest BCUT2D eigenvalue weighted by Gasteiger charge is -1.95. The van der Waals surface area contributed by atoms with Crippen LogP contribution in [0.2, 0.25) is 0 Å². The van der Waals surface area contributed by atoms with Gasteiger partial charge in [-0.2, -0.15) is 0 Å². The van der Waals surface area contributed by atoms with Crippen LogP contribution < -0.4 is 5.32 Å². The smallest absolute Gasteiger partial charge is 0.147 e. The first-order valence-electron chi connectivity index (χ1n) is 5.08. The largest absolute Gasteiger partial charge is 0.311 e. The number of benzene rings is 1. The molecule has 0 atom stereocenters. The number of hydrogen-bond acceptors (Lipinski definition) is 4. The molecule has 1 heterocycles. The highest BCUT2D eigenvalue weighted by Crippen LogP contribution is 2.25. The predicted molar refractivity (Wildman–Crippen MR) is 70.4 cm³/mol. The monoisotopic (exact) mass is 297 g/mol. The molecule has 0 unspecified atom stereocenters. The molecule has 2 rings (SSSR count). The van der Waals surface area contributed by atoms with E-state index >= 15 is 0 Å². The first-order valence-corrected chi connectivity index (χ1v) is 6.69. The van der Waals surface area contributed by atoms with Crippen molar-refractivity contribution in [3.63, 3.8) is 0 Å². The van der Waals surface area contributed by atoms with Crippen LogP contribution >= 0.6 is 27.3 Å². The Morgan fingerprint density at radius 3 is 3.00 bits per heavy atom. The van der Waals surface area contributed by atoms with E-state index in [2.05, 4.69) is 44.4 Å². The van der Waals surface area contributed by atoms with Crippen molar-refractivity contribution in [3.8, 4) is 10.6 Å². The van der Waals surface area contributed by atoms with E-state index in [0.29, 0.717) is 0 Å². The van der Waals surface area contributed by atoms with Crippen molar-refractivity contribution in [1.82, 2.24) is 15.5 Å². The molecule has 16 heavy (non-hydrogen) atoms. The quantitative estimate of drug-likeness (QED) is 0.942. The van der Waals surface area contributed by atoms with Gasteiger partial charge >= 0.3 is 0 Å². The summed E-state index contributed by atoms with van der Waals surface area (Å²) in [6.45, 7) is 3.82. The van der Waals surface area contributed by atoms with Gasteiger partial charge in [0.15, 0.2) is 0 Å². The normalized spacial score (nSPS) is 10.6. The number of nitrogens with zero attached hydrogens (tertiary/aromatic N) is 2. The van der Waals surface area contributed by atoms with Crippen LogP contribution in [0.5, 0.6) is 0 Å². The SMILES string of the molecule is CCNCc1nnc(-c2cccc(Br)c2)s1. The lowest BCUT2D eigenvalue weighted by atomic mass is 10.2. The van der Waals surface area contributed by atoms with E-state index in [1.165, 1.54) is 0 Å². The van der Waals surface area contributed by atoms with Gasteiger partial charge in [-0.05, 0) is 18.7 Å². The summed E-state index contributed by atoms with van der Waals surface area (Å²) in [6.07, 6.45) is 0. The lowest BCUT2D eigenvalue weighted by molar-refractivity contribution is 0.715. The average molecular weight is 298 g/mol. The average Bonchev–Trinajstić information content (AvgIpc) is 2.75. The predicted octanol–water partition coefficient (Wildman–Crippen LogP) is 3.08. The summed E-state index contributed by atoms with van der Waals surface area (Å²) in [5, 5.41) is 13.6. The highest BCUT2D eigenvalue weighted by atomic mass is 79.9. The van der Waals surface area contributed by atoms with Gasteiger partial charge in [0.1, 0.15) is 10.0 Å². The van der Waals surface area contributed by atoms with Crippen molar-refractivity contribution in [2.75, 3.05) is 6.54 Å². The van der Waals surface area contributed by atoms with E-state index in [1.54, 1.807) is 11.3 Å². The minimum absolute atomic E-state index is 0.794. The van der Waals surface area contributed by atoms with Gasteiger partial charge in [0.25, 0.3) is 0 Å². The Morgan fingerprint density at radius 1 is 1.38 bits per heavy atom. The molecular formula is C11H12BrN3S. The van der Waals surface area contributed by atoms with E-state index in [-0.39, 0.29) is 0 Å². The maximum atomic E-state index is 4.19. The molecule has 1 aromatic carbocycles. The standard InChI is InChI=1S/C11H12BrN3S/c1-2-13-7-10-14-15-11(16-10)8-4-3-5-9(12)6-8/h3-6,13H,2,7H2,1H3. The summed E-state index contributed by atoms with van der Waals surface area (Å²) in [6, 6.07) is 8.11. The second-order valence-corrected chi connectivity index (χ2v) is 5.27. The summed E-state index contributed by atoms with van der Waals surface area (Å²) in [5.74, 6) is 0. The van der Waals surface area contributed by atoms with Gasteiger partial charge in [-0.1, -0.05) is 46.3 Å². The zero-order chi connectivity index (χ0) is 11.4. The summed E-state index contributed by atoms with van der Waals surface area (Å²) < 4.78 is 1.06. The van der Waals surface area contributed by atoms with Crippen LogP contribution in [-0.2, 0) is 6.54 Å². The number of nitrogens with one attached hydrogen (secondary N) is 1. The van der Waals surface area contributed by atoms with Crippen LogP contribution in [-0.4, -0.2) is 16.7 Å². The van der Waals surface area contributed by atoms with Crippen LogP contribution in [0.4, 0.5) is 0 Å². The van der Waals surface area contributed by atoms with E-state index in [4.69, 9.17) is 0 Å². The third kappa shape index (κ3) is 2.87. The number of hydrogen-bond donors (Lipinski definition) is 1. The van der Waals surface area contributed by atoms with Gasteiger partial charge in [0.2, 0.25) is 0 Å². The zero-order valence-electron chi connectivity index (χ0n) is 8.90. The van der Waals surface area contributed by atoms with E-state index in [1.807, 2.05) is 18.2 Å². The molecule has 2 aromatic rings. The Morgan fingerprint density at radius 2 is 2.25 bits per heavy atom. The van der Waals surface area contributed by atoms with Crippen LogP contribution in [0.25, 0.3) is 10.6 Å². The van der Waals surface area contributed by atoms with Gasteiger partial charge in [0.05, 0.1) is 0 Å². The Balaban J connectivity index is 2.18. The van der Waals surface area contributed by atoms with Crippen LogP contribution in [0.1, 0.15) is 11.9 Å².